The first-order valence-corrected chi connectivity index (χ1v) is 5.42. The lowest BCUT2D eigenvalue weighted by Crippen LogP contribution is -1.89. The van der Waals surface area contributed by atoms with Gasteiger partial charge in [-0.05, 0) is 36.1 Å². The number of aromatic hydroxyl groups is 1. The molecule has 0 fully saturated rings. The topological polar surface area (TPSA) is 46.2 Å². The zero-order chi connectivity index (χ0) is 12.8. The zero-order valence-electron chi connectivity index (χ0n) is 9.64. The lowest BCUT2D eigenvalue weighted by atomic mass is 10.1. The fraction of sp³-hybridized carbons (Fsp3) is 0. The molecule has 2 aromatic rings. The Morgan fingerprint density at radius 1 is 0.833 bits per heavy atom. The molecule has 18 heavy (non-hydrogen) atoms. The van der Waals surface area contributed by atoms with Gasteiger partial charge in [-0.1, -0.05) is 36.1 Å². The summed E-state index contributed by atoms with van der Waals surface area (Å²) in [4.78, 5) is 0. The molecule has 0 heterocycles. The van der Waals surface area contributed by atoms with Gasteiger partial charge in [0.2, 0.25) is 0 Å². The predicted molar refractivity (Wildman–Crippen MR) is 72.7 cm³/mol. The smallest absolute Gasteiger partial charge is 0.139 e. The molecule has 0 aliphatic heterocycles. The van der Waals surface area contributed by atoms with Crippen LogP contribution in [0.3, 0.4) is 0 Å². The molecule has 2 rings (SSSR count). The average molecular weight is 233 g/mol. The van der Waals surface area contributed by atoms with E-state index in [0.717, 1.165) is 5.56 Å². The molecular formula is C16H11NO. The molecule has 86 valence electrons. The standard InChI is InChI=1S/C16H11NO/c17-16-14(11-6-12-15(16)18)10-5-4-9-13-7-2-1-3-8-13/h1-3,6-8,11-12,18H,17H2. The number of nitrogens with two attached hydrogens (primary N) is 1. The van der Waals surface area contributed by atoms with Gasteiger partial charge in [0.15, 0.2) is 0 Å². The van der Waals surface area contributed by atoms with Gasteiger partial charge in [-0.25, -0.2) is 0 Å². The van der Waals surface area contributed by atoms with Crippen molar-refractivity contribution >= 4 is 5.69 Å². The van der Waals surface area contributed by atoms with E-state index in [0.29, 0.717) is 5.56 Å². The van der Waals surface area contributed by atoms with Crippen LogP contribution in [0.5, 0.6) is 5.75 Å². The summed E-state index contributed by atoms with van der Waals surface area (Å²) in [5.41, 5.74) is 7.45. The van der Waals surface area contributed by atoms with Crippen LogP contribution in [-0.4, -0.2) is 5.11 Å². The summed E-state index contributed by atoms with van der Waals surface area (Å²) in [5.74, 6) is 11.2. The molecule has 0 amide bonds. The van der Waals surface area contributed by atoms with E-state index < -0.39 is 0 Å². The highest BCUT2D eigenvalue weighted by molar-refractivity contribution is 5.64. The van der Waals surface area contributed by atoms with Crippen LogP contribution in [0.1, 0.15) is 11.1 Å². The van der Waals surface area contributed by atoms with Crippen molar-refractivity contribution in [3.8, 4) is 29.4 Å². The van der Waals surface area contributed by atoms with Crippen LogP contribution in [0.15, 0.2) is 48.5 Å². The van der Waals surface area contributed by atoms with Crippen LogP contribution >= 0.6 is 0 Å². The normalized spacial score (nSPS) is 8.67. The summed E-state index contributed by atoms with van der Waals surface area (Å²) in [6, 6.07) is 14.6. The Morgan fingerprint density at radius 3 is 2.33 bits per heavy atom. The molecule has 0 aromatic heterocycles. The van der Waals surface area contributed by atoms with Crippen molar-refractivity contribution in [2.75, 3.05) is 5.73 Å². The number of hydrogen-bond acceptors (Lipinski definition) is 2. The summed E-state index contributed by atoms with van der Waals surface area (Å²) in [6.07, 6.45) is 0. The molecule has 0 saturated heterocycles. The molecule has 0 saturated carbocycles. The van der Waals surface area contributed by atoms with Crippen LogP contribution in [0.25, 0.3) is 0 Å². The second-order valence-corrected chi connectivity index (χ2v) is 3.60. The summed E-state index contributed by atoms with van der Waals surface area (Å²) in [5, 5.41) is 9.41. The number of para-hydroxylation sites is 1. The van der Waals surface area contributed by atoms with Crippen molar-refractivity contribution in [1.29, 1.82) is 0 Å². The van der Waals surface area contributed by atoms with E-state index in [2.05, 4.69) is 23.7 Å². The Labute approximate surface area is 106 Å². The summed E-state index contributed by atoms with van der Waals surface area (Å²) >= 11 is 0. The van der Waals surface area contributed by atoms with Crippen molar-refractivity contribution < 1.29 is 5.11 Å². The number of benzene rings is 2. The van der Waals surface area contributed by atoms with Crippen molar-refractivity contribution in [3.63, 3.8) is 0 Å². The summed E-state index contributed by atoms with van der Waals surface area (Å²) in [6.45, 7) is 0. The average Bonchev–Trinajstić information content (AvgIpc) is 2.40. The van der Waals surface area contributed by atoms with Gasteiger partial charge >= 0.3 is 0 Å². The lowest BCUT2D eigenvalue weighted by molar-refractivity contribution is 0.478. The molecule has 0 aliphatic rings. The van der Waals surface area contributed by atoms with Gasteiger partial charge in [0.25, 0.3) is 0 Å². The molecule has 2 nitrogen and oxygen atoms in total. The predicted octanol–water partition coefficient (Wildman–Crippen LogP) is 2.38. The summed E-state index contributed by atoms with van der Waals surface area (Å²) in [7, 11) is 0. The molecule has 2 heteroatoms. The van der Waals surface area contributed by atoms with Gasteiger partial charge in [-0.3, -0.25) is 0 Å². The zero-order valence-corrected chi connectivity index (χ0v) is 9.64. The minimum absolute atomic E-state index is 0.0396. The number of phenols is 1. The molecule has 0 aliphatic carbocycles. The maximum Gasteiger partial charge on any atom is 0.139 e. The second kappa shape index (κ2) is 5.48. The highest BCUT2D eigenvalue weighted by atomic mass is 16.3. The fourth-order valence-corrected chi connectivity index (χ4v) is 1.39. The third kappa shape index (κ3) is 2.84. The first-order chi connectivity index (χ1) is 8.77. The number of anilines is 1. The summed E-state index contributed by atoms with van der Waals surface area (Å²) < 4.78 is 0. The number of nitrogen functional groups attached to an aromatic ring is 1. The second-order valence-electron chi connectivity index (χ2n) is 3.60. The quantitative estimate of drug-likeness (QED) is 0.417. The fourth-order valence-electron chi connectivity index (χ4n) is 1.39. The molecule has 0 unspecified atom stereocenters. The van der Waals surface area contributed by atoms with Gasteiger partial charge in [-0.15, -0.1) is 0 Å². The number of phenolic OH excluding ortho intramolecular Hbond substituents is 1. The minimum atomic E-state index is 0.0396. The van der Waals surface area contributed by atoms with E-state index >= 15 is 0 Å². The van der Waals surface area contributed by atoms with Crippen molar-refractivity contribution in [2.24, 2.45) is 0 Å². The Bertz CT molecular complexity index is 667. The maximum atomic E-state index is 9.41. The molecule has 0 atom stereocenters. The Morgan fingerprint density at radius 2 is 1.56 bits per heavy atom. The van der Waals surface area contributed by atoms with Crippen molar-refractivity contribution in [2.45, 2.75) is 0 Å². The molecule has 0 radical (unpaired) electrons. The van der Waals surface area contributed by atoms with Crippen molar-refractivity contribution in [3.05, 3.63) is 59.7 Å². The van der Waals surface area contributed by atoms with Crippen LogP contribution in [0, 0.1) is 23.7 Å². The maximum absolute atomic E-state index is 9.41. The van der Waals surface area contributed by atoms with E-state index in [-0.39, 0.29) is 11.4 Å². The lowest BCUT2D eigenvalue weighted by Gasteiger charge is -1.98. The van der Waals surface area contributed by atoms with E-state index in [9.17, 15) is 5.11 Å². The third-order valence-electron chi connectivity index (χ3n) is 2.32. The largest absolute Gasteiger partial charge is 0.506 e. The van der Waals surface area contributed by atoms with Gasteiger partial charge in [0.05, 0.1) is 11.3 Å². The van der Waals surface area contributed by atoms with E-state index in [1.54, 1.807) is 12.1 Å². The Hall–Kier alpha value is -2.84. The first kappa shape index (κ1) is 11.6. The van der Waals surface area contributed by atoms with Crippen LogP contribution in [0.4, 0.5) is 5.69 Å². The Balaban J connectivity index is 2.19. The van der Waals surface area contributed by atoms with Gasteiger partial charge < -0.3 is 10.8 Å². The molecular weight excluding hydrogens is 222 g/mol. The minimum Gasteiger partial charge on any atom is -0.506 e. The first-order valence-electron chi connectivity index (χ1n) is 5.42. The molecule has 0 bridgehead atoms. The monoisotopic (exact) mass is 233 g/mol. The van der Waals surface area contributed by atoms with E-state index in [1.807, 2.05) is 30.3 Å². The van der Waals surface area contributed by atoms with Crippen LogP contribution < -0.4 is 5.73 Å². The van der Waals surface area contributed by atoms with Gasteiger partial charge in [0, 0.05) is 5.56 Å². The van der Waals surface area contributed by atoms with E-state index in [1.165, 1.54) is 6.07 Å². The van der Waals surface area contributed by atoms with Crippen molar-refractivity contribution in [1.82, 2.24) is 0 Å². The molecule has 3 N–H and O–H groups in total. The van der Waals surface area contributed by atoms with Crippen LogP contribution in [-0.2, 0) is 0 Å². The molecule has 0 spiro atoms. The molecule has 2 aromatic carbocycles. The van der Waals surface area contributed by atoms with Gasteiger partial charge in [0.1, 0.15) is 5.75 Å². The van der Waals surface area contributed by atoms with Gasteiger partial charge in [-0.2, -0.15) is 0 Å². The highest BCUT2D eigenvalue weighted by Gasteiger charge is 1.98. The van der Waals surface area contributed by atoms with Crippen LogP contribution in [0.2, 0.25) is 0 Å². The third-order valence-corrected chi connectivity index (χ3v) is 2.32. The van der Waals surface area contributed by atoms with E-state index in [4.69, 9.17) is 5.73 Å². The Kier molecular flexibility index (Phi) is 3.54. The number of rotatable bonds is 0. The number of hydrogen-bond donors (Lipinski definition) is 2. The SMILES string of the molecule is Nc1c(O)cccc1C#CC#Cc1ccccc1. The highest BCUT2D eigenvalue weighted by Crippen LogP contribution is 2.22.